The molecule has 132 valence electrons. The minimum atomic E-state index is -1.11. The maximum Gasteiger partial charge on any atom is 0.335 e. The Bertz CT molecular complexity index is 910. The molecule has 6 heteroatoms. The highest BCUT2D eigenvalue weighted by Crippen LogP contribution is 2.24. The zero-order valence-corrected chi connectivity index (χ0v) is 14.4. The largest absolute Gasteiger partial charge is 0.493 e. The van der Waals surface area contributed by atoms with E-state index >= 15 is 0 Å². The van der Waals surface area contributed by atoms with Crippen LogP contribution in [0.25, 0.3) is 6.08 Å². The fourth-order valence-corrected chi connectivity index (χ4v) is 2.29. The Morgan fingerprint density at radius 1 is 1.27 bits per heavy atom. The smallest absolute Gasteiger partial charge is 0.335 e. The third kappa shape index (κ3) is 4.48. The molecule has 2 rings (SSSR count). The highest BCUT2D eigenvalue weighted by molar-refractivity contribution is 6.10. The Balaban J connectivity index is 2.39. The van der Waals surface area contributed by atoms with E-state index in [4.69, 9.17) is 9.84 Å². The number of amides is 1. The molecule has 0 saturated carbocycles. The van der Waals surface area contributed by atoms with Crippen LogP contribution in [0, 0.1) is 18.3 Å². The molecule has 0 aromatic heterocycles. The van der Waals surface area contributed by atoms with E-state index in [1.807, 2.05) is 25.1 Å². The number of hydrogen-bond donors (Lipinski definition) is 2. The van der Waals surface area contributed by atoms with Crippen LogP contribution >= 0.6 is 0 Å². The van der Waals surface area contributed by atoms with Crippen LogP contribution in [0.5, 0.6) is 5.75 Å². The number of hydrogen-bond acceptors (Lipinski definition) is 4. The summed E-state index contributed by atoms with van der Waals surface area (Å²) in [7, 11) is 0. The van der Waals surface area contributed by atoms with E-state index in [1.54, 1.807) is 19.1 Å². The van der Waals surface area contributed by atoms with Crippen molar-refractivity contribution in [2.45, 2.75) is 13.8 Å². The molecule has 26 heavy (non-hydrogen) atoms. The van der Waals surface area contributed by atoms with E-state index in [1.165, 1.54) is 24.3 Å². The molecule has 6 nitrogen and oxygen atoms in total. The average molecular weight is 350 g/mol. The van der Waals surface area contributed by atoms with E-state index in [-0.39, 0.29) is 11.1 Å². The molecular formula is C20H18N2O4. The summed E-state index contributed by atoms with van der Waals surface area (Å²) in [6.45, 7) is 3.99. The van der Waals surface area contributed by atoms with E-state index in [0.29, 0.717) is 23.6 Å². The number of carbonyl (C=O) groups excluding carboxylic acids is 1. The Hall–Kier alpha value is -3.59. The van der Waals surface area contributed by atoms with Crippen molar-refractivity contribution in [1.29, 1.82) is 5.26 Å². The van der Waals surface area contributed by atoms with Crippen molar-refractivity contribution < 1.29 is 19.4 Å². The van der Waals surface area contributed by atoms with Gasteiger partial charge in [0.05, 0.1) is 12.2 Å². The van der Waals surface area contributed by atoms with Gasteiger partial charge < -0.3 is 15.2 Å². The van der Waals surface area contributed by atoms with E-state index in [2.05, 4.69) is 5.32 Å². The van der Waals surface area contributed by atoms with Crippen LogP contribution in [-0.4, -0.2) is 23.6 Å². The summed E-state index contributed by atoms with van der Waals surface area (Å²) in [5.41, 5.74) is 1.69. The molecule has 0 atom stereocenters. The van der Waals surface area contributed by atoms with Crippen molar-refractivity contribution >= 4 is 23.6 Å². The normalized spacial score (nSPS) is 10.7. The van der Waals surface area contributed by atoms with Crippen LogP contribution in [-0.2, 0) is 4.79 Å². The van der Waals surface area contributed by atoms with Gasteiger partial charge in [-0.05, 0) is 49.8 Å². The number of carbonyl (C=O) groups is 2. The maximum atomic E-state index is 12.4. The topological polar surface area (TPSA) is 99.4 Å². The van der Waals surface area contributed by atoms with Gasteiger partial charge in [-0.2, -0.15) is 5.26 Å². The van der Waals surface area contributed by atoms with E-state index < -0.39 is 11.9 Å². The van der Waals surface area contributed by atoms with E-state index in [9.17, 15) is 14.9 Å². The highest BCUT2D eigenvalue weighted by atomic mass is 16.5. The Morgan fingerprint density at radius 2 is 2.00 bits per heavy atom. The van der Waals surface area contributed by atoms with Crippen molar-refractivity contribution in [3.05, 3.63) is 64.7 Å². The Labute approximate surface area is 151 Å². The molecule has 2 aromatic rings. The first-order chi connectivity index (χ1) is 12.5. The molecule has 2 N–H and O–H groups in total. The molecule has 0 aliphatic carbocycles. The highest BCUT2D eigenvalue weighted by Gasteiger charge is 2.14. The van der Waals surface area contributed by atoms with Gasteiger partial charge in [0.25, 0.3) is 5.91 Å². The third-order valence-corrected chi connectivity index (χ3v) is 3.61. The van der Waals surface area contributed by atoms with Gasteiger partial charge in [0.1, 0.15) is 17.4 Å². The van der Waals surface area contributed by atoms with Gasteiger partial charge in [-0.25, -0.2) is 4.79 Å². The van der Waals surface area contributed by atoms with Gasteiger partial charge in [-0.3, -0.25) is 4.79 Å². The molecule has 0 fully saturated rings. The minimum absolute atomic E-state index is 0.0382. The summed E-state index contributed by atoms with van der Waals surface area (Å²) < 4.78 is 5.46. The molecule has 0 heterocycles. The molecule has 0 aliphatic heterocycles. The number of carboxylic acids is 1. The Kier molecular flexibility index (Phi) is 6.12. The molecule has 0 spiro atoms. The van der Waals surface area contributed by atoms with Crippen molar-refractivity contribution in [2.75, 3.05) is 11.9 Å². The predicted octanol–water partition coefficient (Wildman–Crippen LogP) is 3.64. The number of carboxylic acid groups (broad SMARTS) is 1. The molecule has 0 unspecified atom stereocenters. The fourth-order valence-electron chi connectivity index (χ4n) is 2.29. The fraction of sp³-hybridized carbons (Fsp3) is 0.150. The zero-order valence-electron chi connectivity index (χ0n) is 14.4. The van der Waals surface area contributed by atoms with Crippen LogP contribution in [0.4, 0.5) is 5.69 Å². The quantitative estimate of drug-likeness (QED) is 0.612. The second-order valence-electron chi connectivity index (χ2n) is 5.43. The van der Waals surface area contributed by atoms with Crippen molar-refractivity contribution in [3.8, 4) is 11.8 Å². The van der Waals surface area contributed by atoms with Crippen LogP contribution in [0.3, 0.4) is 0 Å². The average Bonchev–Trinajstić information content (AvgIpc) is 2.62. The molecule has 0 bridgehead atoms. The van der Waals surface area contributed by atoms with Crippen LogP contribution < -0.4 is 10.1 Å². The molecule has 2 aromatic carbocycles. The maximum absolute atomic E-state index is 12.4. The first-order valence-electron chi connectivity index (χ1n) is 7.95. The lowest BCUT2D eigenvalue weighted by molar-refractivity contribution is -0.112. The lowest BCUT2D eigenvalue weighted by atomic mass is 10.1. The number of aromatic carboxylic acids is 1. The van der Waals surface area contributed by atoms with Gasteiger partial charge >= 0.3 is 5.97 Å². The van der Waals surface area contributed by atoms with Crippen LogP contribution in [0.2, 0.25) is 0 Å². The number of nitrogens with one attached hydrogen (secondary N) is 1. The monoisotopic (exact) mass is 350 g/mol. The predicted molar refractivity (Wildman–Crippen MR) is 98.0 cm³/mol. The summed E-state index contributed by atoms with van der Waals surface area (Å²) in [6, 6.07) is 13.3. The van der Waals surface area contributed by atoms with Gasteiger partial charge in [0, 0.05) is 11.3 Å². The standard InChI is InChI=1S/C20H18N2O4/c1-3-26-18-9-8-14(20(24)25)10-15(18)11-16(12-21)19(23)22-17-7-5-4-6-13(17)2/h4-11H,3H2,1-2H3,(H,22,23)(H,24,25)/b16-11+. The first kappa shape index (κ1) is 18.7. The van der Waals surface area contributed by atoms with Gasteiger partial charge in [0.15, 0.2) is 0 Å². The van der Waals surface area contributed by atoms with Crippen molar-refractivity contribution in [2.24, 2.45) is 0 Å². The number of rotatable bonds is 6. The number of nitrogens with zero attached hydrogens (tertiary/aromatic N) is 1. The Morgan fingerprint density at radius 3 is 2.62 bits per heavy atom. The second kappa shape index (κ2) is 8.49. The summed E-state index contributed by atoms with van der Waals surface area (Å²) in [4.78, 5) is 23.6. The summed E-state index contributed by atoms with van der Waals surface area (Å²) in [6.07, 6.45) is 1.32. The summed E-state index contributed by atoms with van der Waals surface area (Å²) in [5.74, 6) is -1.29. The SMILES string of the molecule is CCOc1ccc(C(=O)O)cc1/C=C(\C#N)C(=O)Nc1ccccc1C. The summed E-state index contributed by atoms with van der Waals surface area (Å²) in [5, 5.41) is 21.2. The molecule has 0 saturated heterocycles. The number of aryl methyl sites for hydroxylation is 1. The van der Waals surface area contributed by atoms with Gasteiger partial charge in [-0.1, -0.05) is 18.2 Å². The number of ether oxygens (including phenoxy) is 1. The number of para-hydroxylation sites is 1. The number of anilines is 1. The third-order valence-electron chi connectivity index (χ3n) is 3.61. The van der Waals surface area contributed by atoms with Crippen LogP contribution in [0.15, 0.2) is 48.0 Å². The van der Waals surface area contributed by atoms with Gasteiger partial charge in [-0.15, -0.1) is 0 Å². The zero-order chi connectivity index (χ0) is 19.1. The number of benzene rings is 2. The molecular weight excluding hydrogens is 332 g/mol. The first-order valence-corrected chi connectivity index (χ1v) is 7.95. The molecule has 0 radical (unpaired) electrons. The van der Waals surface area contributed by atoms with Crippen molar-refractivity contribution in [3.63, 3.8) is 0 Å². The summed E-state index contributed by atoms with van der Waals surface area (Å²) >= 11 is 0. The lowest BCUT2D eigenvalue weighted by Gasteiger charge is -2.10. The van der Waals surface area contributed by atoms with E-state index in [0.717, 1.165) is 5.56 Å². The van der Waals surface area contributed by atoms with Crippen LogP contribution in [0.1, 0.15) is 28.4 Å². The number of nitriles is 1. The molecule has 0 aliphatic rings. The lowest BCUT2D eigenvalue weighted by Crippen LogP contribution is -2.14. The minimum Gasteiger partial charge on any atom is -0.493 e. The molecule has 1 amide bonds. The second-order valence-corrected chi connectivity index (χ2v) is 5.43. The van der Waals surface area contributed by atoms with Crippen molar-refractivity contribution in [1.82, 2.24) is 0 Å². The van der Waals surface area contributed by atoms with Gasteiger partial charge in [0.2, 0.25) is 0 Å².